The van der Waals surface area contributed by atoms with E-state index in [0.717, 1.165) is 30.5 Å². The molecule has 2 saturated heterocycles. The lowest BCUT2D eigenvalue weighted by Crippen LogP contribution is -2.49. The molecule has 3 N–H and O–H groups in total. The molecule has 1 atom stereocenters. The molecule has 0 spiro atoms. The van der Waals surface area contributed by atoms with Gasteiger partial charge in [0, 0.05) is 57.4 Å². The van der Waals surface area contributed by atoms with Crippen LogP contribution in [0.4, 0.5) is 0 Å². The normalized spacial score (nSPS) is 22.3. The van der Waals surface area contributed by atoms with Gasteiger partial charge in [0.15, 0.2) is 5.96 Å². The molecule has 30 heavy (non-hydrogen) atoms. The summed E-state index contributed by atoms with van der Waals surface area (Å²) >= 11 is 0. The van der Waals surface area contributed by atoms with Gasteiger partial charge in [-0.3, -0.25) is 19.5 Å². The molecule has 1 aromatic rings. The number of hydrogen-bond donors (Lipinski definition) is 3. The van der Waals surface area contributed by atoms with Crippen molar-refractivity contribution in [1.29, 1.82) is 0 Å². The number of benzene rings is 1. The maximum absolute atomic E-state index is 12.5. The average molecular weight is 526 g/mol. The van der Waals surface area contributed by atoms with Crippen LogP contribution < -0.4 is 16.0 Å². The summed E-state index contributed by atoms with van der Waals surface area (Å²) in [6, 6.07) is 8.81. The Bertz CT molecular complexity index is 780. The predicted molar refractivity (Wildman–Crippen MR) is 127 cm³/mol. The number of carbonyl (C=O) groups excluding carboxylic acids is 2. The van der Waals surface area contributed by atoms with E-state index in [-0.39, 0.29) is 42.3 Å². The van der Waals surface area contributed by atoms with Crippen LogP contribution in [0.2, 0.25) is 0 Å². The van der Waals surface area contributed by atoms with E-state index in [0.29, 0.717) is 31.2 Å². The second-order valence-electron chi connectivity index (χ2n) is 8.06. The average Bonchev–Trinajstić information content (AvgIpc) is 3.49. The third kappa shape index (κ3) is 5.84. The number of piperazine rings is 1. The summed E-state index contributed by atoms with van der Waals surface area (Å²) in [6.07, 6.45) is 3.86. The van der Waals surface area contributed by atoms with E-state index in [9.17, 15) is 9.59 Å². The number of aliphatic imine (C=N–C) groups is 1. The summed E-state index contributed by atoms with van der Waals surface area (Å²) in [5, 5.41) is 9.62. The Balaban J connectivity index is 0.00000256. The van der Waals surface area contributed by atoms with Crippen molar-refractivity contribution < 1.29 is 9.59 Å². The van der Waals surface area contributed by atoms with E-state index in [4.69, 9.17) is 0 Å². The fourth-order valence-electron chi connectivity index (χ4n) is 4.01. The zero-order valence-electron chi connectivity index (χ0n) is 17.4. The van der Waals surface area contributed by atoms with E-state index in [1.165, 1.54) is 19.4 Å². The molecule has 2 aliphatic heterocycles. The first-order chi connectivity index (χ1) is 14.1. The second-order valence-corrected chi connectivity index (χ2v) is 8.06. The quantitative estimate of drug-likeness (QED) is 0.300. The number of hydrogen-bond acceptors (Lipinski definition) is 4. The van der Waals surface area contributed by atoms with Gasteiger partial charge in [-0.25, -0.2) is 0 Å². The van der Waals surface area contributed by atoms with Crippen molar-refractivity contribution in [2.24, 2.45) is 4.99 Å². The minimum Gasteiger partial charge on any atom is -0.353 e. The summed E-state index contributed by atoms with van der Waals surface area (Å²) in [4.78, 5) is 32.5. The summed E-state index contributed by atoms with van der Waals surface area (Å²) in [6.45, 7) is 4.10. The number of likely N-dealkylation sites (tertiary alicyclic amines) is 1. The Morgan fingerprint density at radius 2 is 1.97 bits per heavy atom. The van der Waals surface area contributed by atoms with E-state index in [2.05, 4.69) is 25.8 Å². The number of nitrogens with zero attached hydrogens (tertiary/aromatic N) is 3. The first kappa shape index (κ1) is 22.8. The molecule has 8 nitrogen and oxygen atoms in total. The number of halogens is 1. The number of rotatable bonds is 5. The van der Waals surface area contributed by atoms with Crippen LogP contribution in [0.5, 0.6) is 0 Å². The van der Waals surface area contributed by atoms with E-state index in [1.807, 2.05) is 24.3 Å². The van der Waals surface area contributed by atoms with Crippen molar-refractivity contribution in [1.82, 2.24) is 25.8 Å². The number of guanidine groups is 1. The highest BCUT2D eigenvalue weighted by Crippen LogP contribution is 2.29. The molecule has 2 heterocycles. The first-order valence-electron chi connectivity index (χ1n) is 10.5. The van der Waals surface area contributed by atoms with Crippen LogP contribution in [-0.4, -0.2) is 79.4 Å². The third-order valence-corrected chi connectivity index (χ3v) is 5.83. The fourth-order valence-corrected chi connectivity index (χ4v) is 4.01. The van der Waals surface area contributed by atoms with Gasteiger partial charge in [-0.15, -0.1) is 24.0 Å². The Morgan fingerprint density at radius 3 is 2.63 bits per heavy atom. The van der Waals surface area contributed by atoms with Crippen molar-refractivity contribution in [3.8, 4) is 0 Å². The van der Waals surface area contributed by atoms with Gasteiger partial charge in [0.1, 0.15) is 0 Å². The van der Waals surface area contributed by atoms with E-state index < -0.39 is 0 Å². The second kappa shape index (κ2) is 10.4. The molecule has 0 aromatic heterocycles. The number of carbonyl (C=O) groups is 2. The molecular formula is C21H31IN6O2. The van der Waals surface area contributed by atoms with Gasteiger partial charge in [-0.05, 0) is 37.0 Å². The lowest BCUT2D eigenvalue weighted by Gasteiger charge is -2.26. The van der Waals surface area contributed by atoms with Crippen molar-refractivity contribution in [2.75, 3.05) is 39.8 Å². The van der Waals surface area contributed by atoms with Gasteiger partial charge in [0.25, 0.3) is 5.91 Å². The number of amides is 2. The maximum Gasteiger partial charge on any atom is 0.254 e. The summed E-state index contributed by atoms with van der Waals surface area (Å²) < 4.78 is 0. The summed E-state index contributed by atoms with van der Waals surface area (Å²) in [5.74, 6) is 0.609. The van der Waals surface area contributed by atoms with Crippen molar-refractivity contribution in [3.63, 3.8) is 0 Å². The van der Waals surface area contributed by atoms with E-state index in [1.54, 1.807) is 11.9 Å². The molecule has 4 rings (SSSR count). The molecule has 1 aromatic carbocycles. The molecule has 3 fully saturated rings. The van der Waals surface area contributed by atoms with Gasteiger partial charge in [-0.2, -0.15) is 0 Å². The zero-order valence-corrected chi connectivity index (χ0v) is 19.7. The molecule has 0 bridgehead atoms. The molecule has 1 aliphatic carbocycles. The highest BCUT2D eigenvalue weighted by Gasteiger charge is 2.34. The lowest BCUT2D eigenvalue weighted by atomic mass is 10.1. The van der Waals surface area contributed by atoms with Crippen LogP contribution in [0, 0.1) is 0 Å². The molecule has 164 valence electrons. The molecule has 0 radical (unpaired) electrons. The van der Waals surface area contributed by atoms with Crippen LogP contribution in [0.1, 0.15) is 35.2 Å². The fraction of sp³-hybridized carbons (Fsp3) is 0.571. The molecule has 2 amide bonds. The molecule has 1 unspecified atom stereocenters. The van der Waals surface area contributed by atoms with Crippen molar-refractivity contribution in [2.45, 2.75) is 37.9 Å². The Kier molecular flexibility index (Phi) is 7.93. The molecule has 9 heteroatoms. The number of nitrogens with one attached hydrogen (secondary N) is 3. The van der Waals surface area contributed by atoms with Crippen molar-refractivity contribution >= 4 is 41.8 Å². The molecule has 3 aliphatic rings. The standard InChI is InChI=1S/C21H30N6O2.HI/c1-22-21(25-17-8-10-26(13-17)18-6-7-18)24-12-15-2-4-16(5-3-15)20(29)27-11-9-23-19(28)14-27;/h2-5,17-18H,6-14H2,1H3,(H,23,28)(H2,22,24,25);1H. The van der Waals surface area contributed by atoms with Crippen LogP contribution in [-0.2, 0) is 11.3 Å². The van der Waals surface area contributed by atoms with Crippen LogP contribution in [0.15, 0.2) is 29.3 Å². The smallest absolute Gasteiger partial charge is 0.254 e. The van der Waals surface area contributed by atoms with Crippen LogP contribution in [0.3, 0.4) is 0 Å². The Hall–Kier alpha value is -1.88. The highest BCUT2D eigenvalue weighted by molar-refractivity contribution is 14.0. The van der Waals surface area contributed by atoms with Crippen LogP contribution in [0.25, 0.3) is 0 Å². The summed E-state index contributed by atoms with van der Waals surface area (Å²) in [5.41, 5.74) is 1.68. The third-order valence-electron chi connectivity index (χ3n) is 5.83. The van der Waals surface area contributed by atoms with Gasteiger partial charge in [-0.1, -0.05) is 12.1 Å². The van der Waals surface area contributed by atoms with Gasteiger partial charge in [0.05, 0.1) is 6.54 Å². The summed E-state index contributed by atoms with van der Waals surface area (Å²) in [7, 11) is 1.79. The lowest BCUT2D eigenvalue weighted by molar-refractivity contribution is -0.123. The largest absolute Gasteiger partial charge is 0.353 e. The molecular weight excluding hydrogens is 495 g/mol. The van der Waals surface area contributed by atoms with Gasteiger partial charge < -0.3 is 20.9 Å². The van der Waals surface area contributed by atoms with Gasteiger partial charge in [0.2, 0.25) is 5.91 Å². The monoisotopic (exact) mass is 526 g/mol. The maximum atomic E-state index is 12.5. The topological polar surface area (TPSA) is 89.1 Å². The zero-order chi connectivity index (χ0) is 20.2. The minimum atomic E-state index is -0.105. The van der Waals surface area contributed by atoms with Crippen molar-refractivity contribution in [3.05, 3.63) is 35.4 Å². The SMILES string of the molecule is CN=C(NCc1ccc(C(=O)N2CCNC(=O)C2)cc1)NC1CCN(C2CC2)C1.I. The molecule has 1 saturated carbocycles. The highest BCUT2D eigenvalue weighted by atomic mass is 127. The Labute approximate surface area is 194 Å². The van der Waals surface area contributed by atoms with E-state index >= 15 is 0 Å². The minimum absolute atomic E-state index is 0. The Morgan fingerprint density at radius 1 is 1.20 bits per heavy atom. The first-order valence-corrected chi connectivity index (χ1v) is 10.5. The van der Waals surface area contributed by atoms with Gasteiger partial charge >= 0.3 is 0 Å². The predicted octanol–water partition coefficient (Wildman–Crippen LogP) is 0.778. The van der Waals surface area contributed by atoms with Crippen LogP contribution >= 0.6 is 24.0 Å².